The number of ether oxygens (including phenoxy) is 1. The van der Waals surface area contributed by atoms with E-state index >= 15 is 0 Å². The molecule has 5 heteroatoms. The maximum atomic E-state index is 5.74. The van der Waals surface area contributed by atoms with Crippen LogP contribution in [-0.4, -0.2) is 45.8 Å². The van der Waals surface area contributed by atoms with E-state index in [1.54, 1.807) is 0 Å². The van der Waals surface area contributed by atoms with Crippen LogP contribution in [0.2, 0.25) is 0 Å². The molecule has 1 aromatic rings. The zero-order chi connectivity index (χ0) is 12.1. The van der Waals surface area contributed by atoms with Crippen molar-refractivity contribution in [3.63, 3.8) is 0 Å². The first-order valence-corrected chi connectivity index (χ1v) is 7.27. The molecule has 17 heavy (non-hydrogen) atoms. The molecular formula is C12H20BrN3O. The molecule has 2 rings (SSSR count). The monoisotopic (exact) mass is 301 g/mol. The van der Waals surface area contributed by atoms with E-state index in [1.165, 1.54) is 5.56 Å². The Labute approximate surface area is 111 Å². The lowest BCUT2D eigenvalue weighted by Gasteiger charge is -2.31. The fourth-order valence-electron chi connectivity index (χ4n) is 2.26. The van der Waals surface area contributed by atoms with Gasteiger partial charge in [-0.15, -0.1) is 0 Å². The smallest absolute Gasteiger partial charge is 0.0599 e. The largest absolute Gasteiger partial charge is 0.377 e. The molecular weight excluding hydrogens is 282 g/mol. The summed E-state index contributed by atoms with van der Waals surface area (Å²) in [6, 6.07) is 0. The average Bonchev–Trinajstić information content (AvgIpc) is 2.74. The van der Waals surface area contributed by atoms with Crippen LogP contribution in [-0.2, 0) is 18.3 Å². The van der Waals surface area contributed by atoms with E-state index in [-0.39, 0.29) is 0 Å². The first-order valence-electron chi connectivity index (χ1n) is 6.15. The van der Waals surface area contributed by atoms with Crippen molar-refractivity contribution in [2.45, 2.75) is 25.5 Å². The highest BCUT2D eigenvalue weighted by atomic mass is 79.9. The molecule has 0 atom stereocenters. The van der Waals surface area contributed by atoms with Gasteiger partial charge >= 0.3 is 0 Å². The number of aryl methyl sites for hydroxylation is 1. The van der Waals surface area contributed by atoms with E-state index in [0.717, 1.165) is 44.4 Å². The van der Waals surface area contributed by atoms with Crippen LogP contribution in [0.3, 0.4) is 0 Å². The van der Waals surface area contributed by atoms with Crippen molar-refractivity contribution in [3.8, 4) is 0 Å². The van der Waals surface area contributed by atoms with Crippen molar-refractivity contribution >= 4 is 15.9 Å². The summed E-state index contributed by atoms with van der Waals surface area (Å²) >= 11 is 3.39. The van der Waals surface area contributed by atoms with Gasteiger partial charge in [0.05, 0.1) is 18.9 Å². The molecule has 0 radical (unpaired) electrons. The Balaban J connectivity index is 1.72. The van der Waals surface area contributed by atoms with Crippen LogP contribution in [0, 0.1) is 0 Å². The Morgan fingerprint density at radius 1 is 1.47 bits per heavy atom. The quantitative estimate of drug-likeness (QED) is 0.777. The van der Waals surface area contributed by atoms with Gasteiger partial charge in [0.25, 0.3) is 0 Å². The molecule has 1 aliphatic rings. The highest BCUT2D eigenvalue weighted by molar-refractivity contribution is 9.09. The fraction of sp³-hybridized carbons (Fsp3) is 0.750. The highest BCUT2D eigenvalue weighted by Crippen LogP contribution is 2.16. The summed E-state index contributed by atoms with van der Waals surface area (Å²) in [5.74, 6) is 0. The van der Waals surface area contributed by atoms with Gasteiger partial charge in [0.15, 0.2) is 0 Å². The second-order valence-corrected chi connectivity index (χ2v) is 5.35. The van der Waals surface area contributed by atoms with Crippen LogP contribution in [0.5, 0.6) is 0 Å². The van der Waals surface area contributed by atoms with Gasteiger partial charge in [-0.25, -0.2) is 0 Å². The molecule has 1 aromatic heterocycles. The summed E-state index contributed by atoms with van der Waals surface area (Å²) in [6.07, 6.45) is 6.79. The minimum Gasteiger partial charge on any atom is -0.377 e. The number of likely N-dealkylation sites (tertiary alicyclic amines) is 1. The lowest BCUT2D eigenvalue weighted by Crippen LogP contribution is -2.36. The zero-order valence-electron chi connectivity index (χ0n) is 10.3. The predicted molar refractivity (Wildman–Crippen MR) is 71.3 cm³/mol. The van der Waals surface area contributed by atoms with Gasteiger partial charge in [-0.05, 0) is 12.8 Å². The van der Waals surface area contributed by atoms with Gasteiger partial charge in [-0.1, -0.05) is 15.9 Å². The van der Waals surface area contributed by atoms with Crippen LogP contribution < -0.4 is 0 Å². The van der Waals surface area contributed by atoms with E-state index in [9.17, 15) is 0 Å². The number of nitrogens with zero attached hydrogens (tertiary/aromatic N) is 3. The maximum absolute atomic E-state index is 5.74. The van der Waals surface area contributed by atoms with E-state index in [2.05, 4.69) is 32.1 Å². The zero-order valence-corrected chi connectivity index (χ0v) is 11.9. The minimum absolute atomic E-state index is 0.456. The molecule has 0 amide bonds. The number of hydrogen-bond donors (Lipinski definition) is 0. The van der Waals surface area contributed by atoms with E-state index in [0.29, 0.717) is 6.10 Å². The molecule has 0 saturated carbocycles. The molecule has 0 spiro atoms. The molecule has 4 nitrogen and oxygen atoms in total. The second kappa shape index (κ2) is 6.52. The first kappa shape index (κ1) is 13.1. The van der Waals surface area contributed by atoms with Gasteiger partial charge in [-0.3, -0.25) is 9.58 Å². The topological polar surface area (TPSA) is 30.3 Å². The van der Waals surface area contributed by atoms with Crippen LogP contribution >= 0.6 is 15.9 Å². The summed E-state index contributed by atoms with van der Waals surface area (Å²) in [7, 11) is 1.96. The van der Waals surface area contributed by atoms with Gasteiger partial charge in [0.2, 0.25) is 0 Å². The third-order valence-electron chi connectivity index (χ3n) is 3.13. The van der Waals surface area contributed by atoms with Crippen LogP contribution in [0.15, 0.2) is 12.4 Å². The Bertz CT molecular complexity index is 334. The molecule has 0 aromatic carbocycles. The molecule has 1 saturated heterocycles. The Morgan fingerprint density at radius 2 is 2.24 bits per heavy atom. The summed E-state index contributed by atoms with van der Waals surface area (Å²) in [5.41, 5.74) is 1.30. The summed E-state index contributed by atoms with van der Waals surface area (Å²) in [5, 5.41) is 5.13. The summed E-state index contributed by atoms with van der Waals surface area (Å²) in [4.78, 5) is 2.48. The molecule has 0 bridgehead atoms. The standard InChI is InChI=1S/C12H20BrN3O/c1-15-9-11(8-14-15)10-16-5-2-12(3-6-16)17-7-4-13/h8-9,12H,2-7,10H2,1H3. The molecule has 96 valence electrons. The lowest BCUT2D eigenvalue weighted by atomic mass is 10.1. The van der Waals surface area contributed by atoms with Crippen molar-refractivity contribution in [1.29, 1.82) is 0 Å². The van der Waals surface area contributed by atoms with E-state index in [4.69, 9.17) is 4.74 Å². The molecule has 0 unspecified atom stereocenters. The molecule has 2 heterocycles. The normalized spacial score (nSPS) is 18.7. The number of rotatable bonds is 5. The maximum Gasteiger partial charge on any atom is 0.0599 e. The van der Waals surface area contributed by atoms with E-state index < -0.39 is 0 Å². The molecule has 1 fully saturated rings. The second-order valence-electron chi connectivity index (χ2n) is 4.56. The molecule has 0 aliphatic carbocycles. The van der Waals surface area contributed by atoms with Crippen molar-refractivity contribution in [2.75, 3.05) is 25.0 Å². The van der Waals surface area contributed by atoms with Gasteiger partial charge < -0.3 is 4.74 Å². The Kier molecular flexibility index (Phi) is 5.00. The van der Waals surface area contributed by atoms with Crippen LogP contribution in [0.4, 0.5) is 0 Å². The third kappa shape index (κ3) is 4.08. The Morgan fingerprint density at radius 3 is 2.82 bits per heavy atom. The number of halogens is 1. The lowest BCUT2D eigenvalue weighted by molar-refractivity contribution is 0.0141. The average molecular weight is 302 g/mol. The first-order chi connectivity index (χ1) is 8.28. The molecule has 1 aliphatic heterocycles. The van der Waals surface area contributed by atoms with Crippen LogP contribution in [0.25, 0.3) is 0 Å². The summed E-state index contributed by atoms with van der Waals surface area (Å²) in [6.45, 7) is 4.09. The van der Waals surface area contributed by atoms with Crippen molar-refractivity contribution in [3.05, 3.63) is 18.0 Å². The number of piperidine rings is 1. The van der Waals surface area contributed by atoms with Crippen molar-refractivity contribution in [1.82, 2.24) is 14.7 Å². The number of alkyl halides is 1. The number of aromatic nitrogens is 2. The highest BCUT2D eigenvalue weighted by Gasteiger charge is 2.19. The minimum atomic E-state index is 0.456. The Hall–Kier alpha value is -0.390. The summed E-state index contributed by atoms with van der Waals surface area (Å²) < 4.78 is 7.61. The van der Waals surface area contributed by atoms with Crippen molar-refractivity contribution < 1.29 is 4.74 Å². The van der Waals surface area contributed by atoms with Gasteiger partial charge in [0.1, 0.15) is 0 Å². The van der Waals surface area contributed by atoms with Gasteiger partial charge in [-0.2, -0.15) is 5.10 Å². The predicted octanol–water partition coefficient (Wildman–Crippen LogP) is 1.80. The molecule has 0 N–H and O–H groups in total. The third-order valence-corrected chi connectivity index (χ3v) is 3.45. The van der Waals surface area contributed by atoms with Gasteiger partial charge in [0, 0.05) is 43.8 Å². The fourth-order valence-corrected chi connectivity index (χ4v) is 2.44. The number of hydrogen-bond acceptors (Lipinski definition) is 3. The van der Waals surface area contributed by atoms with Crippen molar-refractivity contribution in [2.24, 2.45) is 7.05 Å². The van der Waals surface area contributed by atoms with E-state index in [1.807, 2.05) is 17.9 Å². The van der Waals surface area contributed by atoms with Crippen LogP contribution in [0.1, 0.15) is 18.4 Å². The SMILES string of the molecule is Cn1cc(CN2CCC(OCCBr)CC2)cn1.